The maximum absolute atomic E-state index is 11.0. The van der Waals surface area contributed by atoms with E-state index in [2.05, 4.69) is 25.7 Å². The number of aliphatic hydroxyl groups is 1. The van der Waals surface area contributed by atoms with Crippen LogP contribution < -0.4 is 5.73 Å². The molecule has 0 saturated carbocycles. The van der Waals surface area contributed by atoms with Crippen molar-refractivity contribution in [3.8, 4) is 0 Å². The van der Waals surface area contributed by atoms with Crippen molar-refractivity contribution < 1.29 is 9.90 Å². The van der Waals surface area contributed by atoms with E-state index in [9.17, 15) is 4.79 Å². The average Bonchev–Trinajstić information content (AvgIpc) is 2.35. The maximum atomic E-state index is 11.0. The fourth-order valence-corrected chi connectivity index (χ4v) is 2.21. The molecular weight excluding hydrogens is 252 g/mol. The second-order valence-electron chi connectivity index (χ2n) is 6.41. The number of hydrogen-bond donors (Lipinski definition) is 2. The Bertz CT molecular complexity index is 421. The molecule has 1 aromatic rings. The number of amides is 1. The quantitative estimate of drug-likeness (QED) is 0.802. The minimum absolute atomic E-state index is 0.210. The highest BCUT2D eigenvalue weighted by atomic mass is 16.3. The standard InChI is InChI=1S/C16H26N2O2/c1-16(2,3)12-18(9-4-10-19)11-13-5-7-14(8-6-13)15(17)20/h5-8,19H,4,9-12H2,1-3H3,(H2,17,20). The van der Waals surface area contributed by atoms with E-state index in [4.69, 9.17) is 10.8 Å². The van der Waals surface area contributed by atoms with Crippen LogP contribution in [0.5, 0.6) is 0 Å². The average molecular weight is 278 g/mol. The number of carbonyl (C=O) groups is 1. The van der Waals surface area contributed by atoms with Gasteiger partial charge in [0, 0.05) is 31.8 Å². The molecule has 20 heavy (non-hydrogen) atoms. The van der Waals surface area contributed by atoms with Crippen LogP contribution >= 0.6 is 0 Å². The van der Waals surface area contributed by atoms with E-state index in [1.54, 1.807) is 12.1 Å². The van der Waals surface area contributed by atoms with Crippen LogP contribution in [0.1, 0.15) is 43.1 Å². The monoisotopic (exact) mass is 278 g/mol. The van der Waals surface area contributed by atoms with Crippen LogP contribution in [0.4, 0.5) is 0 Å². The van der Waals surface area contributed by atoms with E-state index in [0.29, 0.717) is 5.56 Å². The van der Waals surface area contributed by atoms with Gasteiger partial charge in [-0.3, -0.25) is 9.69 Å². The second-order valence-corrected chi connectivity index (χ2v) is 6.41. The van der Waals surface area contributed by atoms with Crippen molar-refractivity contribution in [3.05, 3.63) is 35.4 Å². The highest BCUT2D eigenvalue weighted by Gasteiger charge is 2.16. The van der Waals surface area contributed by atoms with Crippen LogP contribution in [0.25, 0.3) is 0 Å². The fourth-order valence-electron chi connectivity index (χ4n) is 2.21. The van der Waals surface area contributed by atoms with Crippen molar-refractivity contribution in [2.75, 3.05) is 19.7 Å². The van der Waals surface area contributed by atoms with Crippen LogP contribution in [-0.2, 0) is 6.54 Å². The van der Waals surface area contributed by atoms with Gasteiger partial charge in [0.15, 0.2) is 0 Å². The first-order valence-corrected chi connectivity index (χ1v) is 7.04. The maximum Gasteiger partial charge on any atom is 0.248 e. The molecule has 1 aromatic carbocycles. The third-order valence-corrected chi connectivity index (χ3v) is 2.98. The van der Waals surface area contributed by atoms with Crippen molar-refractivity contribution in [1.29, 1.82) is 0 Å². The summed E-state index contributed by atoms with van der Waals surface area (Å²) in [6.45, 7) is 9.47. The van der Waals surface area contributed by atoms with Crippen LogP contribution in [0, 0.1) is 5.41 Å². The van der Waals surface area contributed by atoms with Crippen molar-refractivity contribution >= 4 is 5.91 Å². The first-order valence-electron chi connectivity index (χ1n) is 7.04. The van der Waals surface area contributed by atoms with E-state index in [1.165, 1.54) is 0 Å². The molecule has 112 valence electrons. The Morgan fingerprint density at radius 1 is 1.25 bits per heavy atom. The number of nitrogens with zero attached hydrogens (tertiary/aromatic N) is 1. The Kier molecular flexibility index (Phi) is 6.17. The number of rotatable bonds is 7. The lowest BCUT2D eigenvalue weighted by Crippen LogP contribution is -2.33. The molecule has 1 rings (SSSR count). The molecule has 0 aliphatic rings. The van der Waals surface area contributed by atoms with Crippen molar-refractivity contribution in [1.82, 2.24) is 4.90 Å². The minimum atomic E-state index is -0.400. The highest BCUT2D eigenvalue weighted by molar-refractivity contribution is 5.92. The molecule has 0 radical (unpaired) electrons. The summed E-state index contributed by atoms with van der Waals surface area (Å²) in [5.41, 5.74) is 7.13. The molecule has 0 spiro atoms. The summed E-state index contributed by atoms with van der Waals surface area (Å²) in [6.07, 6.45) is 0.773. The van der Waals surface area contributed by atoms with Crippen LogP contribution in [-0.4, -0.2) is 35.6 Å². The Balaban J connectivity index is 2.70. The van der Waals surface area contributed by atoms with Crippen molar-refractivity contribution in [2.45, 2.75) is 33.7 Å². The second kappa shape index (κ2) is 7.41. The number of benzene rings is 1. The molecule has 3 N–H and O–H groups in total. The predicted octanol–water partition coefficient (Wildman–Crippen LogP) is 2.02. The van der Waals surface area contributed by atoms with Gasteiger partial charge in [0.05, 0.1) is 0 Å². The smallest absolute Gasteiger partial charge is 0.248 e. The molecule has 4 nitrogen and oxygen atoms in total. The largest absolute Gasteiger partial charge is 0.396 e. The Hall–Kier alpha value is -1.39. The summed E-state index contributed by atoms with van der Waals surface area (Å²) in [6, 6.07) is 7.40. The highest BCUT2D eigenvalue weighted by Crippen LogP contribution is 2.17. The van der Waals surface area contributed by atoms with Crippen LogP contribution in [0.2, 0.25) is 0 Å². The van der Waals surface area contributed by atoms with Gasteiger partial charge >= 0.3 is 0 Å². The normalized spacial score (nSPS) is 11.8. The number of carbonyl (C=O) groups excluding carboxylic acids is 1. The molecule has 0 atom stereocenters. The topological polar surface area (TPSA) is 66.6 Å². The zero-order valence-electron chi connectivity index (χ0n) is 12.7. The fraction of sp³-hybridized carbons (Fsp3) is 0.562. The summed E-state index contributed by atoms with van der Waals surface area (Å²) in [7, 11) is 0. The number of nitrogens with two attached hydrogens (primary N) is 1. The van der Waals surface area contributed by atoms with Crippen LogP contribution in [0.3, 0.4) is 0 Å². The van der Waals surface area contributed by atoms with E-state index in [-0.39, 0.29) is 12.0 Å². The molecule has 0 saturated heterocycles. The van der Waals surface area contributed by atoms with Gasteiger partial charge in [0.25, 0.3) is 0 Å². The summed E-state index contributed by atoms with van der Waals surface area (Å²) in [5, 5.41) is 9.00. The van der Waals surface area contributed by atoms with E-state index in [0.717, 1.165) is 31.6 Å². The minimum Gasteiger partial charge on any atom is -0.396 e. The van der Waals surface area contributed by atoms with Gasteiger partial charge in [-0.2, -0.15) is 0 Å². The van der Waals surface area contributed by atoms with Gasteiger partial charge in [0.1, 0.15) is 0 Å². The summed E-state index contributed by atoms with van der Waals surface area (Å²) in [5.74, 6) is -0.400. The molecule has 0 fully saturated rings. The summed E-state index contributed by atoms with van der Waals surface area (Å²) >= 11 is 0. The van der Waals surface area contributed by atoms with Gasteiger partial charge in [-0.15, -0.1) is 0 Å². The molecule has 0 aliphatic heterocycles. The number of aliphatic hydroxyl groups excluding tert-OH is 1. The van der Waals surface area contributed by atoms with Gasteiger partial charge in [-0.05, 0) is 29.5 Å². The third-order valence-electron chi connectivity index (χ3n) is 2.98. The Labute approximate surface area is 121 Å². The molecule has 0 aliphatic carbocycles. The molecular formula is C16H26N2O2. The van der Waals surface area contributed by atoms with Gasteiger partial charge in [-0.25, -0.2) is 0 Å². The Morgan fingerprint density at radius 2 is 1.85 bits per heavy atom. The van der Waals surface area contributed by atoms with Gasteiger partial charge < -0.3 is 10.8 Å². The Morgan fingerprint density at radius 3 is 2.30 bits per heavy atom. The molecule has 0 unspecified atom stereocenters. The van der Waals surface area contributed by atoms with E-state index in [1.807, 2.05) is 12.1 Å². The van der Waals surface area contributed by atoms with Gasteiger partial charge in [0.2, 0.25) is 5.91 Å². The SMILES string of the molecule is CC(C)(C)CN(CCCO)Cc1ccc(C(N)=O)cc1. The lowest BCUT2D eigenvalue weighted by Gasteiger charge is -2.30. The first kappa shape index (κ1) is 16.7. The first-order chi connectivity index (χ1) is 9.31. The summed E-state index contributed by atoms with van der Waals surface area (Å²) < 4.78 is 0. The molecule has 4 heteroatoms. The van der Waals surface area contributed by atoms with Crippen LogP contribution in [0.15, 0.2) is 24.3 Å². The van der Waals surface area contributed by atoms with Crippen molar-refractivity contribution in [2.24, 2.45) is 11.1 Å². The molecule has 0 heterocycles. The lowest BCUT2D eigenvalue weighted by atomic mass is 9.95. The number of primary amides is 1. The molecule has 0 bridgehead atoms. The predicted molar refractivity (Wildman–Crippen MR) is 81.4 cm³/mol. The summed E-state index contributed by atoms with van der Waals surface area (Å²) in [4.78, 5) is 13.4. The van der Waals surface area contributed by atoms with Crippen molar-refractivity contribution in [3.63, 3.8) is 0 Å². The zero-order valence-corrected chi connectivity index (χ0v) is 12.7. The number of hydrogen-bond acceptors (Lipinski definition) is 3. The zero-order chi connectivity index (χ0) is 15.2. The third kappa shape index (κ3) is 6.17. The lowest BCUT2D eigenvalue weighted by molar-refractivity contribution is 0.1000. The van der Waals surface area contributed by atoms with Gasteiger partial charge in [-0.1, -0.05) is 32.9 Å². The molecule has 0 aromatic heterocycles. The molecule has 1 amide bonds. The van der Waals surface area contributed by atoms with E-state index < -0.39 is 5.91 Å². The van der Waals surface area contributed by atoms with E-state index >= 15 is 0 Å².